The summed E-state index contributed by atoms with van der Waals surface area (Å²) in [5.41, 5.74) is 1.51. The molecule has 0 saturated heterocycles. The van der Waals surface area contributed by atoms with Crippen LogP contribution >= 0.6 is 0 Å². The number of aliphatic hydroxyl groups is 1. The smallest absolute Gasteiger partial charge is 0.341 e. The maximum Gasteiger partial charge on any atom is 0.341 e. The highest BCUT2D eigenvalue weighted by molar-refractivity contribution is 6.00. The Morgan fingerprint density at radius 1 is 1.40 bits per heavy atom. The third-order valence-corrected chi connectivity index (χ3v) is 3.15. The topological polar surface area (TPSA) is 78.8 Å². The average Bonchev–Trinajstić information content (AvgIpc) is 2.44. The molecular formula is C15H17NO4. The van der Waals surface area contributed by atoms with Crippen LogP contribution in [0.5, 0.6) is 0 Å². The molecule has 0 bridgehead atoms. The van der Waals surface area contributed by atoms with Gasteiger partial charge in [-0.3, -0.25) is 0 Å². The SMILES string of the molecule is CCO/C=c1/cc2c(cc1CC)=C(O)C(C(=O)O)=CN2. The lowest BCUT2D eigenvalue weighted by atomic mass is 10.0. The summed E-state index contributed by atoms with van der Waals surface area (Å²) in [6.07, 6.45) is 3.72. The van der Waals surface area contributed by atoms with Crippen LogP contribution in [-0.2, 0) is 16.0 Å². The van der Waals surface area contributed by atoms with Gasteiger partial charge in [-0.1, -0.05) is 6.92 Å². The first-order valence-electron chi connectivity index (χ1n) is 6.46. The predicted octanol–water partition coefficient (Wildman–Crippen LogP) is 1.08. The van der Waals surface area contributed by atoms with Crippen molar-refractivity contribution in [2.24, 2.45) is 0 Å². The summed E-state index contributed by atoms with van der Waals surface area (Å²) in [5.74, 6) is -1.38. The molecule has 106 valence electrons. The van der Waals surface area contributed by atoms with Crippen molar-refractivity contribution in [2.45, 2.75) is 20.3 Å². The van der Waals surface area contributed by atoms with Crippen molar-refractivity contribution >= 4 is 23.7 Å². The Kier molecular flexibility index (Phi) is 3.98. The highest BCUT2D eigenvalue weighted by atomic mass is 16.5. The second-order valence-corrected chi connectivity index (χ2v) is 4.38. The zero-order valence-corrected chi connectivity index (χ0v) is 11.4. The Morgan fingerprint density at radius 2 is 2.15 bits per heavy atom. The fraction of sp³-hybridized carbons (Fsp3) is 0.267. The molecule has 0 fully saturated rings. The third kappa shape index (κ3) is 2.47. The summed E-state index contributed by atoms with van der Waals surface area (Å²) < 4.78 is 5.31. The molecule has 0 amide bonds. The van der Waals surface area contributed by atoms with Crippen LogP contribution in [0.2, 0.25) is 0 Å². The van der Waals surface area contributed by atoms with Gasteiger partial charge < -0.3 is 20.3 Å². The molecule has 1 heterocycles. The molecule has 20 heavy (non-hydrogen) atoms. The first-order valence-corrected chi connectivity index (χ1v) is 6.46. The standard InChI is InChI=1S/C15H17NO4/c1-3-9-5-11-13(6-10(9)8-20-4-2)16-7-12(14(11)17)15(18)19/h5-8,16-17H,3-4H2,1-2H3,(H,18,19)/b10-8-. The summed E-state index contributed by atoms with van der Waals surface area (Å²) in [7, 11) is 0. The highest BCUT2D eigenvalue weighted by Gasteiger charge is 2.18. The molecule has 3 N–H and O–H groups in total. The summed E-state index contributed by atoms with van der Waals surface area (Å²) in [6, 6.07) is 3.63. The lowest BCUT2D eigenvalue weighted by Crippen LogP contribution is -2.26. The van der Waals surface area contributed by atoms with E-state index in [2.05, 4.69) is 5.32 Å². The van der Waals surface area contributed by atoms with E-state index in [0.717, 1.165) is 17.2 Å². The van der Waals surface area contributed by atoms with Gasteiger partial charge in [-0.25, -0.2) is 4.79 Å². The van der Waals surface area contributed by atoms with Crippen LogP contribution in [0.25, 0.3) is 12.0 Å². The van der Waals surface area contributed by atoms with Crippen molar-refractivity contribution < 1.29 is 19.7 Å². The minimum atomic E-state index is -1.16. The van der Waals surface area contributed by atoms with E-state index in [1.807, 2.05) is 19.9 Å². The number of ether oxygens (including phenoxy) is 1. The average molecular weight is 275 g/mol. The maximum atomic E-state index is 11.0. The van der Waals surface area contributed by atoms with Crippen LogP contribution < -0.4 is 15.8 Å². The summed E-state index contributed by atoms with van der Waals surface area (Å²) in [5, 5.41) is 23.4. The third-order valence-electron chi connectivity index (χ3n) is 3.15. The van der Waals surface area contributed by atoms with E-state index >= 15 is 0 Å². The van der Waals surface area contributed by atoms with E-state index in [0.29, 0.717) is 17.5 Å². The molecule has 5 heteroatoms. The Morgan fingerprint density at radius 3 is 2.75 bits per heavy atom. The molecule has 0 spiro atoms. The Labute approximate surface area is 116 Å². The second-order valence-electron chi connectivity index (χ2n) is 4.38. The molecule has 0 aliphatic carbocycles. The monoisotopic (exact) mass is 275 g/mol. The fourth-order valence-electron chi connectivity index (χ4n) is 2.09. The van der Waals surface area contributed by atoms with Crippen molar-refractivity contribution in [2.75, 3.05) is 11.9 Å². The minimum Gasteiger partial charge on any atom is -0.506 e. The first-order chi connectivity index (χ1) is 9.58. The Balaban J connectivity index is 2.66. The van der Waals surface area contributed by atoms with Crippen LogP contribution in [0.1, 0.15) is 19.4 Å². The van der Waals surface area contributed by atoms with Crippen LogP contribution in [0.3, 0.4) is 0 Å². The number of benzene rings is 1. The molecule has 1 aromatic carbocycles. The lowest BCUT2D eigenvalue weighted by molar-refractivity contribution is -0.132. The van der Waals surface area contributed by atoms with Gasteiger partial charge in [0.25, 0.3) is 0 Å². The van der Waals surface area contributed by atoms with E-state index in [1.165, 1.54) is 6.20 Å². The Bertz CT molecular complexity index is 689. The number of aliphatic hydroxyl groups excluding tert-OH is 1. The quantitative estimate of drug-likeness (QED) is 0.766. The molecular weight excluding hydrogens is 258 g/mol. The van der Waals surface area contributed by atoms with Crippen LogP contribution in [0.15, 0.2) is 23.9 Å². The van der Waals surface area contributed by atoms with Crippen molar-refractivity contribution in [1.82, 2.24) is 0 Å². The van der Waals surface area contributed by atoms with Gasteiger partial charge in [-0.15, -0.1) is 0 Å². The second kappa shape index (κ2) is 5.69. The first kappa shape index (κ1) is 14.0. The largest absolute Gasteiger partial charge is 0.506 e. The number of carbonyl (C=O) groups is 1. The molecule has 1 aliphatic rings. The highest BCUT2D eigenvalue weighted by Crippen LogP contribution is 2.14. The van der Waals surface area contributed by atoms with E-state index in [-0.39, 0.29) is 11.3 Å². The maximum absolute atomic E-state index is 11.0. The number of anilines is 1. The summed E-state index contributed by atoms with van der Waals surface area (Å²) in [6.45, 7) is 4.47. The van der Waals surface area contributed by atoms with Gasteiger partial charge in [0.2, 0.25) is 0 Å². The van der Waals surface area contributed by atoms with Gasteiger partial charge in [-0.2, -0.15) is 0 Å². The van der Waals surface area contributed by atoms with Gasteiger partial charge in [0.1, 0.15) is 11.3 Å². The number of carboxylic acid groups (broad SMARTS) is 1. The van der Waals surface area contributed by atoms with Crippen molar-refractivity contribution in [3.05, 3.63) is 39.9 Å². The number of aryl methyl sites for hydroxylation is 1. The number of nitrogens with one attached hydrogen (secondary N) is 1. The number of rotatable bonds is 4. The van der Waals surface area contributed by atoms with Crippen molar-refractivity contribution in [3.63, 3.8) is 0 Å². The summed E-state index contributed by atoms with van der Waals surface area (Å²) >= 11 is 0. The van der Waals surface area contributed by atoms with E-state index in [1.54, 1.807) is 12.3 Å². The molecule has 5 nitrogen and oxygen atoms in total. The molecule has 1 aromatic rings. The molecule has 0 aromatic heterocycles. The van der Waals surface area contributed by atoms with Gasteiger partial charge in [0.15, 0.2) is 0 Å². The normalized spacial score (nSPS) is 14.4. The minimum absolute atomic E-state index is 0.138. The predicted molar refractivity (Wildman–Crippen MR) is 76.5 cm³/mol. The van der Waals surface area contributed by atoms with Crippen molar-refractivity contribution in [3.8, 4) is 0 Å². The zero-order chi connectivity index (χ0) is 14.7. The van der Waals surface area contributed by atoms with Crippen molar-refractivity contribution in [1.29, 1.82) is 0 Å². The van der Waals surface area contributed by atoms with Gasteiger partial charge in [-0.05, 0) is 31.0 Å². The zero-order valence-electron chi connectivity index (χ0n) is 11.4. The molecule has 0 radical (unpaired) electrons. The molecule has 0 atom stereocenters. The molecule has 0 saturated carbocycles. The molecule has 0 unspecified atom stereocenters. The van der Waals surface area contributed by atoms with Crippen LogP contribution in [0.4, 0.5) is 5.69 Å². The van der Waals surface area contributed by atoms with Gasteiger partial charge in [0.05, 0.1) is 12.9 Å². The number of hydrogen-bond acceptors (Lipinski definition) is 4. The Hall–Kier alpha value is -2.43. The lowest BCUT2D eigenvalue weighted by Gasteiger charge is -2.14. The molecule has 2 rings (SSSR count). The van der Waals surface area contributed by atoms with Gasteiger partial charge in [0, 0.05) is 22.3 Å². The molecule has 1 aliphatic heterocycles. The van der Waals surface area contributed by atoms with E-state index in [4.69, 9.17) is 9.84 Å². The number of hydrogen-bond donors (Lipinski definition) is 3. The van der Waals surface area contributed by atoms with E-state index in [9.17, 15) is 9.90 Å². The fourth-order valence-corrected chi connectivity index (χ4v) is 2.09. The number of fused-ring (bicyclic) bond motifs is 1. The number of carboxylic acids is 1. The summed E-state index contributed by atoms with van der Waals surface area (Å²) in [4.78, 5) is 11.0. The van der Waals surface area contributed by atoms with E-state index < -0.39 is 5.97 Å². The van der Waals surface area contributed by atoms with Crippen LogP contribution in [-0.4, -0.2) is 22.8 Å². The number of aliphatic carboxylic acids is 1. The van der Waals surface area contributed by atoms with Gasteiger partial charge >= 0.3 is 5.97 Å². The van der Waals surface area contributed by atoms with Crippen LogP contribution in [0, 0.1) is 0 Å².